The van der Waals surface area contributed by atoms with Crippen molar-refractivity contribution in [3.63, 3.8) is 0 Å². The largest absolute Gasteiger partial charge is 0.273 e. The third kappa shape index (κ3) is 13.1. The maximum absolute atomic E-state index is 11.6. The highest BCUT2D eigenvalue weighted by Gasteiger charge is 2.25. The number of rotatable bonds is 5. The van der Waals surface area contributed by atoms with Gasteiger partial charge < -0.3 is 0 Å². The zero-order chi connectivity index (χ0) is 26.6. The van der Waals surface area contributed by atoms with Gasteiger partial charge in [0, 0.05) is 18.7 Å². The summed E-state index contributed by atoms with van der Waals surface area (Å²) in [6.45, 7) is 6.88. The molecule has 0 unspecified atom stereocenters. The second-order valence-corrected chi connectivity index (χ2v) is 11.3. The summed E-state index contributed by atoms with van der Waals surface area (Å²) < 4.78 is 0. The molecule has 0 aromatic heterocycles. The van der Waals surface area contributed by atoms with Crippen LogP contribution in [0, 0.1) is 17.8 Å². The van der Waals surface area contributed by atoms with Gasteiger partial charge in [-0.2, -0.15) is 5.10 Å². The van der Waals surface area contributed by atoms with E-state index in [-0.39, 0.29) is 5.91 Å². The van der Waals surface area contributed by atoms with Crippen molar-refractivity contribution in [2.75, 3.05) is 6.54 Å². The Kier molecular flexibility index (Phi) is 17.4. The second kappa shape index (κ2) is 20.3. The predicted molar refractivity (Wildman–Crippen MR) is 161 cm³/mol. The fraction of sp³-hybridized carbons (Fsp3) is 0.765. The molecule has 1 aliphatic heterocycles. The minimum absolute atomic E-state index is 0.208. The maximum atomic E-state index is 11.6. The zero-order valence-electron chi connectivity index (χ0n) is 24.6. The number of amides is 1. The highest BCUT2D eigenvalue weighted by Crippen LogP contribution is 2.38. The van der Waals surface area contributed by atoms with Gasteiger partial charge in [0.1, 0.15) is 0 Å². The van der Waals surface area contributed by atoms with Crippen LogP contribution in [0.15, 0.2) is 41.5 Å². The Bertz CT molecular complexity index is 655. The second-order valence-electron chi connectivity index (χ2n) is 11.3. The molecule has 1 aromatic carbocycles. The van der Waals surface area contributed by atoms with E-state index in [1.807, 2.05) is 50.2 Å². The summed E-state index contributed by atoms with van der Waals surface area (Å²) in [6.07, 6.45) is 26.0. The van der Waals surface area contributed by atoms with Gasteiger partial charge in [-0.25, -0.2) is 5.01 Å². The van der Waals surface area contributed by atoms with Crippen LogP contribution in [0.25, 0.3) is 0 Å². The SMILES string of the molecule is C1CCC(C2CCCCC2)CC1.CC.CCCN1N=C(CC2CCCCC2)CCC1=O.c1ccccc1. The highest BCUT2D eigenvalue weighted by atomic mass is 16.2. The molecular formula is C34H58N2O. The van der Waals surface area contributed by atoms with Crippen LogP contribution < -0.4 is 0 Å². The molecular weight excluding hydrogens is 452 g/mol. The molecule has 3 saturated carbocycles. The van der Waals surface area contributed by atoms with E-state index in [0.29, 0.717) is 6.42 Å². The number of nitrogens with zero attached hydrogens (tertiary/aromatic N) is 2. The van der Waals surface area contributed by atoms with Crippen LogP contribution in [0.2, 0.25) is 0 Å². The molecule has 5 rings (SSSR count). The van der Waals surface area contributed by atoms with E-state index in [4.69, 9.17) is 0 Å². The number of hydrogen-bond acceptors (Lipinski definition) is 2. The molecule has 3 nitrogen and oxygen atoms in total. The van der Waals surface area contributed by atoms with E-state index in [2.05, 4.69) is 12.0 Å². The molecule has 0 saturated heterocycles. The Balaban J connectivity index is 0.000000208. The minimum Gasteiger partial charge on any atom is -0.273 e. The minimum atomic E-state index is 0.208. The molecule has 1 aromatic rings. The van der Waals surface area contributed by atoms with Crippen molar-refractivity contribution in [3.05, 3.63) is 36.4 Å². The summed E-state index contributed by atoms with van der Waals surface area (Å²) >= 11 is 0. The predicted octanol–water partition coefficient (Wildman–Crippen LogP) is 10.2. The van der Waals surface area contributed by atoms with Gasteiger partial charge in [0.05, 0.1) is 0 Å². The molecule has 3 fully saturated rings. The summed E-state index contributed by atoms with van der Waals surface area (Å²) in [5, 5.41) is 6.24. The monoisotopic (exact) mass is 510 g/mol. The number of carbonyl (C=O) groups excluding carboxylic acids is 1. The van der Waals surface area contributed by atoms with Crippen LogP contribution in [0.4, 0.5) is 0 Å². The smallest absolute Gasteiger partial charge is 0.243 e. The molecule has 0 atom stereocenters. The number of hydrogen-bond donors (Lipinski definition) is 0. The van der Waals surface area contributed by atoms with E-state index in [1.165, 1.54) is 76.3 Å². The summed E-state index contributed by atoms with van der Waals surface area (Å²) in [5.41, 5.74) is 1.27. The van der Waals surface area contributed by atoms with Crippen molar-refractivity contribution in [1.29, 1.82) is 0 Å². The molecule has 0 radical (unpaired) electrons. The number of carbonyl (C=O) groups is 1. The Morgan fingerprint density at radius 1 is 0.676 bits per heavy atom. The molecule has 3 heteroatoms. The summed E-state index contributed by atoms with van der Waals surface area (Å²) in [5.74, 6) is 3.32. The molecule has 0 spiro atoms. The number of benzene rings is 1. The van der Waals surface area contributed by atoms with Crippen LogP contribution in [0.1, 0.15) is 143 Å². The molecule has 1 amide bonds. The van der Waals surface area contributed by atoms with Crippen LogP contribution >= 0.6 is 0 Å². The lowest BCUT2D eigenvalue weighted by Gasteiger charge is -2.32. The molecule has 0 bridgehead atoms. The average Bonchev–Trinajstić information content (AvgIpc) is 2.99. The Labute approximate surface area is 229 Å². The summed E-state index contributed by atoms with van der Waals surface area (Å²) in [6, 6.07) is 12.0. The Hall–Kier alpha value is -1.64. The van der Waals surface area contributed by atoms with Crippen molar-refractivity contribution >= 4 is 11.6 Å². The van der Waals surface area contributed by atoms with Gasteiger partial charge in [-0.1, -0.05) is 153 Å². The van der Waals surface area contributed by atoms with E-state index in [1.54, 1.807) is 30.7 Å². The molecule has 4 aliphatic rings. The Morgan fingerprint density at radius 2 is 1.11 bits per heavy atom. The lowest BCUT2D eigenvalue weighted by atomic mass is 9.73. The van der Waals surface area contributed by atoms with Crippen LogP contribution in [0.3, 0.4) is 0 Å². The quantitative estimate of drug-likeness (QED) is 0.388. The first kappa shape index (κ1) is 31.6. The zero-order valence-corrected chi connectivity index (χ0v) is 24.6. The van der Waals surface area contributed by atoms with Gasteiger partial charge in [0.25, 0.3) is 0 Å². The van der Waals surface area contributed by atoms with Crippen molar-refractivity contribution in [2.45, 2.75) is 143 Å². The highest BCUT2D eigenvalue weighted by molar-refractivity contribution is 5.92. The van der Waals surface area contributed by atoms with Crippen LogP contribution in [0.5, 0.6) is 0 Å². The fourth-order valence-corrected chi connectivity index (χ4v) is 6.51. The first-order valence-electron chi connectivity index (χ1n) is 16.1. The van der Waals surface area contributed by atoms with E-state index in [9.17, 15) is 4.79 Å². The van der Waals surface area contributed by atoms with E-state index in [0.717, 1.165) is 43.6 Å². The van der Waals surface area contributed by atoms with Gasteiger partial charge >= 0.3 is 0 Å². The van der Waals surface area contributed by atoms with Crippen molar-refractivity contribution < 1.29 is 4.79 Å². The molecule has 0 N–H and O–H groups in total. The van der Waals surface area contributed by atoms with E-state index < -0.39 is 0 Å². The standard InChI is InChI=1S/C14H24N2O.C12H22.C6H6.C2H6/c1-2-10-16-14(17)9-8-13(15-16)11-12-6-4-3-5-7-12;1-3-7-11(8-4-1)12-9-5-2-6-10-12;1-2-4-6-5-3-1;1-2/h12H,2-11H2,1H3;11-12H,1-10H2;1-6H;1-2H3. The average molecular weight is 511 g/mol. The normalized spacial score (nSPS) is 21.3. The van der Waals surface area contributed by atoms with Gasteiger partial charge in [-0.05, 0) is 37.0 Å². The topological polar surface area (TPSA) is 32.7 Å². The van der Waals surface area contributed by atoms with E-state index >= 15 is 0 Å². The summed E-state index contributed by atoms with van der Waals surface area (Å²) in [4.78, 5) is 11.6. The van der Waals surface area contributed by atoms with Gasteiger partial charge in [0.15, 0.2) is 0 Å². The van der Waals surface area contributed by atoms with Crippen molar-refractivity contribution in [3.8, 4) is 0 Å². The number of hydrazone groups is 1. The molecule has 37 heavy (non-hydrogen) atoms. The van der Waals surface area contributed by atoms with Gasteiger partial charge in [-0.3, -0.25) is 4.79 Å². The molecule has 3 aliphatic carbocycles. The first-order valence-corrected chi connectivity index (χ1v) is 16.1. The van der Waals surface area contributed by atoms with Crippen LogP contribution in [-0.4, -0.2) is 23.2 Å². The summed E-state index contributed by atoms with van der Waals surface area (Å²) in [7, 11) is 0. The molecule has 210 valence electrons. The third-order valence-corrected chi connectivity index (χ3v) is 8.49. The van der Waals surface area contributed by atoms with Crippen molar-refractivity contribution in [2.24, 2.45) is 22.9 Å². The Morgan fingerprint density at radius 3 is 1.54 bits per heavy atom. The maximum Gasteiger partial charge on any atom is 0.243 e. The third-order valence-electron chi connectivity index (χ3n) is 8.49. The van der Waals surface area contributed by atoms with Crippen molar-refractivity contribution in [1.82, 2.24) is 5.01 Å². The lowest BCUT2D eigenvalue weighted by molar-refractivity contribution is -0.131. The first-order chi connectivity index (χ1) is 18.3. The van der Waals surface area contributed by atoms with Gasteiger partial charge in [-0.15, -0.1) is 0 Å². The van der Waals surface area contributed by atoms with Gasteiger partial charge in [0.2, 0.25) is 5.91 Å². The lowest BCUT2D eigenvalue weighted by Crippen LogP contribution is -2.32. The van der Waals surface area contributed by atoms with Crippen LogP contribution in [-0.2, 0) is 4.79 Å². The molecule has 1 heterocycles. The fourth-order valence-electron chi connectivity index (χ4n) is 6.51.